The molecule has 2 aliphatic rings. The molecule has 2 aromatic carbocycles. The molecule has 0 saturated carbocycles. The Bertz CT molecular complexity index is 795. The third-order valence-corrected chi connectivity index (χ3v) is 5.59. The van der Waals surface area contributed by atoms with Gasteiger partial charge in [0.15, 0.2) is 0 Å². The highest BCUT2D eigenvalue weighted by molar-refractivity contribution is 5.78. The lowest BCUT2D eigenvalue weighted by Crippen LogP contribution is -2.25. The van der Waals surface area contributed by atoms with E-state index in [1.54, 1.807) is 12.1 Å². The second kappa shape index (κ2) is 8.29. The summed E-state index contributed by atoms with van der Waals surface area (Å²) in [7, 11) is 0. The van der Waals surface area contributed by atoms with Crippen LogP contribution in [0.4, 0.5) is 8.78 Å². The van der Waals surface area contributed by atoms with Crippen molar-refractivity contribution in [3.63, 3.8) is 0 Å². The fourth-order valence-electron chi connectivity index (χ4n) is 4.00. The molecule has 2 aromatic rings. The molecule has 0 bridgehead atoms. The molecule has 2 atom stereocenters. The summed E-state index contributed by atoms with van der Waals surface area (Å²) in [4.78, 5) is 12.3. The third kappa shape index (κ3) is 4.51. The predicted octanol–water partition coefficient (Wildman–Crippen LogP) is 5.18. The van der Waals surface area contributed by atoms with Crippen LogP contribution in [0.25, 0.3) is 0 Å². The first-order chi connectivity index (χ1) is 13.6. The Morgan fingerprint density at radius 2 is 1.29 bits per heavy atom. The topological polar surface area (TPSA) is 35.5 Å². The summed E-state index contributed by atoms with van der Waals surface area (Å²) in [5.74, 6) is 1.19. The van der Waals surface area contributed by atoms with Crippen molar-refractivity contribution in [2.45, 2.75) is 63.6 Å². The van der Waals surface area contributed by atoms with Crippen LogP contribution in [-0.2, 0) is 17.6 Å². The number of ether oxygens (including phenoxy) is 2. The maximum Gasteiger partial charge on any atom is 0.133 e. The SMILES string of the molecule is O=C(CCC1CCc2cc(F)ccc2O1)CCC1CCc2cc(F)ccc2O1. The highest BCUT2D eigenvalue weighted by atomic mass is 19.1. The molecule has 2 unspecified atom stereocenters. The molecule has 0 fully saturated rings. The maximum atomic E-state index is 13.3. The number of hydrogen-bond acceptors (Lipinski definition) is 3. The van der Waals surface area contributed by atoms with Crippen LogP contribution in [0.2, 0.25) is 0 Å². The first-order valence-electron chi connectivity index (χ1n) is 9.99. The van der Waals surface area contributed by atoms with Gasteiger partial charge >= 0.3 is 0 Å². The van der Waals surface area contributed by atoms with E-state index in [1.807, 2.05) is 0 Å². The molecule has 0 saturated heterocycles. The summed E-state index contributed by atoms with van der Waals surface area (Å²) in [5, 5.41) is 0. The van der Waals surface area contributed by atoms with E-state index in [2.05, 4.69) is 0 Å². The number of halogens is 2. The van der Waals surface area contributed by atoms with Gasteiger partial charge in [-0.15, -0.1) is 0 Å². The highest BCUT2D eigenvalue weighted by Gasteiger charge is 2.23. The first kappa shape index (κ1) is 18.9. The Kier molecular flexibility index (Phi) is 5.60. The summed E-state index contributed by atoms with van der Waals surface area (Å²) >= 11 is 0. The summed E-state index contributed by atoms with van der Waals surface area (Å²) in [6.45, 7) is 0. The van der Waals surface area contributed by atoms with Gasteiger partial charge in [-0.1, -0.05) is 0 Å². The molecule has 0 amide bonds. The molecule has 5 heteroatoms. The van der Waals surface area contributed by atoms with Crippen molar-refractivity contribution in [1.29, 1.82) is 0 Å². The van der Waals surface area contributed by atoms with Crippen LogP contribution in [0.15, 0.2) is 36.4 Å². The molecular formula is C23H24F2O3. The number of aryl methyl sites for hydroxylation is 2. The van der Waals surface area contributed by atoms with Gasteiger partial charge in [0, 0.05) is 12.8 Å². The number of carbonyl (C=O) groups excluding carboxylic acids is 1. The zero-order chi connectivity index (χ0) is 19.5. The third-order valence-electron chi connectivity index (χ3n) is 5.59. The Morgan fingerprint density at radius 3 is 1.75 bits per heavy atom. The van der Waals surface area contributed by atoms with Crippen molar-refractivity contribution >= 4 is 5.78 Å². The average molecular weight is 386 g/mol. The smallest absolute Gasteiger partial charge is 0.133 e. The monoisotopic (exact) mass is 386 g/mol. The zero-order valence-electron chi connectivity index (χ0n) is 15.8. The normalized spacial score (nSPS) is 20.5. The van der Waals surface area contributed by atoms with Crippen LogP contribution < -0.4 is 9.47 Å². The number of benzene rings is 2. The van der Waals surface area contributed by atoms with Gasteiger partial charge < -0.3 is 9.47 Å². The lowest BCUT2D eigenvalue weighted by atomic mass is 9.96. The molecule has 0 radical (unpaired) electrons. The van der Waals surface area contributed by atoms with Crippen molar-refractivity contribution in [3.8, 4) is 11.5 Å². The van der Waals surface area contributed by atoms with Crippen LogP contribution in [0.5, 0.6) is 11.5 Å². The van der Waals surface area contributed by atoms with Crippen molar-refractivity contribution < 1.29 is 23.0 Å². The van der Waals surface area contributed by atoms with E-state index in [-0.39, 0.29) is 29.6 Å². The van der Waals surface area contributed by atoms with Crippen molar-refractivity contribution in [1.82, 2.24) is 0 Å². The highest BCUT2D eigenvalue weighted by Crippen LogP contribution is 2.31. The number of rotatable bonds is 6. The molecule has 2 aliphatic heterocycles. The maximum absolute atomic E-state index is 13.3. The largest absolute Gasteiger partial charge is 0.490 e. The number of carbonyl (C=O) groups is 1. The fourth-order valence-corrected chi connectivity index (χ4v) is 4.00. The van der Waals surface area contributed by atoms with E-state index in [4.69, 9.17) is 9.47 Å². The first-order valence-corrected chi connectivity index (χ1v) is 9.99. The molecule has 0 aromatic heterocycles. The van der Waals surface area contributed by atoms with Crippen LogP contribution in [0.1, 0.15) is 49.7 Å². The van der Waals surface area contributed by atoms with E-state index in [1.165, 1.54) is 24.3 Å². The van der Waals surface area contributed by atoms with E-state index >= 15 is 0 Å². The van der Waals surface area contributed by atoms with E-state index in [0.29, 0.717) is 25.7 Å². The lowest BCUT2D eigenvalue weighted by molar-refractivity contribution is -0.120. The van der Waals surface area contributed by atoms with Gasteiger partial charge in [0.05, 0.1) is 12.2 Å². The predicted molar refractivity (Wildman–Crippen MR) is 102 cm³/mol. The lowest BCUT2D eigenvalue weighted by Gasteiger charge is -2.27. The molecule has 0 N–H and O–H groups in total. The fraction of sp³-hybridized carbons (Fsp3) is 0.435. The molecule has 4 rings (SSSR count). The van der Waals surface area contributed by atoms with Gasteiger partial charge in [-0.2, -0.15) is 0 Å². The Hall–Kier alpha value is -2.43. The molecular weight excluding hydrogens is 362 g/mol. The van der Waals surface area contributed by atoms with Gasteiger partial charge in [0.2, 0.25) is 0 Å². The Labute approximate surface area is 163 Å². The van der Waals surface area contributed by atoms with Gasteiger partial charge in [-0.3, -0.25) is 4.79 Å². The standard InChI is InChI=1S/C23H24F2O3/c24-17-3-11-22-15(13-17)1-7-20(27-22)9-5-19(26)6-10-21-8-2-16-14-18(25)4-12-23(16)28-21/h3-4,11-14,20-21H,1-2,5-10H2. The van der Waals surface area contributed by atoms with Gasteiger partial charge in [-0.05, 0) is 86.1 Å². The van der Waals surface area contributed by atoms with E-state index in [9.17, 15) is 13.6 Å². The molecule has 0 spiro atoms. The molecule has 0 aliphatic carbocycles. The van der Waals surface area contributed by atoms with Crippen molar-refractivity contribution in [3.05, 3.63) is 59.2 Å². The molecule has 3 nitrogen and oxygen atoms in total. The molecule has 148 valence electrons. The van der Waals surface area contributed by atoms with Gasteiger partial charge in [0.1, 0.15) is 28.9 Å². The van der Waals surface area contributed by atoms with Crippen LogP contribution in [-0.4, -0.2) is 18.0 Å². The number of hydrogen-bond donors (Lipinski definition) is 0. The quantitative estimate of drug-likeness (QED) is 0.686. The summed E-state index contributed by atoms with van der Waals surface area (Å²) in [6.07, 6.45) is 5.53. The zero-order valence-corrected chi connectivity index (χ0v) is 15.8. The van der Waals surface area contributed by atoms with Crippen LogP contribution >= 0.6 is 0 Å². The van der Waals surface area contributed by atoms with Crippen LogP contribution in [0, 0.1) is 11.6 Å². The molecule has 28 heavy (non-hydrogen) atoms. The second-order valence-corrected chi connectivity index (χ2v) is 7.68. The Balaban J connectivity index is 1.20. The number of Topliss-reactive ketones (excluding diaryl/α,β-unsaturated/α-hetero) is 1. The summed E-state index contributed by atoms with van der Waals surface area (Å²) in [6, 6.07) is 9.19. The van der Waals surface area contributed by atoms with Gasteiger partial charge in [-0.25, -0.2) is 8.78 Å². The summed E-state index contributed by atoms with van der Waals surface area (Å²) < 4.78 is 38.3. The summed E-state index contributed by atoms with van der Waals surface area (Å²) in [5.41, 5.74) is 1.80. The van der Waals surface area contributed by atoms with Gasteiger partial charge in [0.25, 0.3) is 0 Å². The second-order valence-electron chi connectivity index (χ2n) is 7.68. The number of ketones is 1. The van der Waals surface area contributed by atoms with Crippen molar-refractivity contribution in [2.75, 3.05) is 0 Å². The average Bonchev–Trinajstić information content (AvgIpc) is 2.70. The minimum Gasteiger partial charge on any atom is -0.490 e. The van der Waals surface area contributed by atoms with Crippen molar-refractivity contribution in [2.24, 2.45) is 0 Å². The van der Waals surface area contributed by atoms with Crippen LogP contribution in [0.3, 0.4) is 0 Å². The Morgan fingerprint density at radius 1 is 0.821 bits per heavy atom. The minimum absolute atomic E-state index is 0.00890. The minimum atomic E-state index is -0.242. The van der Waals surface area contributed by atoms with E-state index in [0.717, 1.165) is 48.3 Å². The van der Waals surface area contributed by atoms with E-state index < -0.39 is 0 Å². The number of fused-ring (bicyclic) bond motifs is 2. The molecule has 2 heterocycles.